The summed E-state index contributed by atoms with van der Waals surface area (Å²) in [5.74, 6) is 0.439. The smallest absolute Gasteiger partial charge is 0.258 e. The molecule has 0 bridgehead atoms. The minimum atomic E-state index is -0.321. The van der Waals surface area contributed by atoms with Crippen LogP contribution in [0, 0.1) is 5.82 Å². The van der Waals surface area contributed by atoms with Crippen molar-refractivity contribution >= 4 is 45.8 Å². The average molecular weight is 497 g/mol. The standard InChI is InChI=1S/C24H18ClFN4OS2/c1-14-20(23-28-22(29-31-23)16-6-10-18(26)11-7-16)21(15-4-8-17(25)9-5-15)27-24(32)30(14)13-19-3-2-12-33-19/h2-12,21H,13H2,1H3,(H,27,32). The minimum Gasteiger partial charge on any atom is -0.351 e. The van der Waals surface area contributed by atoms with Crippen LogP contribution < -0.4 is 5.32 Å². The number of hydrogen-bond acceptors (Lipinski definition) is 5. The molecule has 1 aliphatic rings. The summed E-state index contributed by atoms with van der Waals surface area (Å²) in [6.45, 7) is 2.63. The molecule has 1 unspecified atom stereocenters. The van der Waals surface area contributed by atoms with Gasteiger partial charge < -0.3 is 14.7 Å². The summed E-state index contributed by atoms with van der Waals surface area (Å²) < 4.78 is 19.1. The highest BCUT2D eigenvalue weighted by molar-refractivity contribution is 7.80. The summed E-state index contributed by atoms with van der Waals surface area (Å²) in [6, 6.07) is 17.4. The van der Waals surface area contributed by atoms with Crippen molar-refractivity contribution in [2.45, 2.75) is 19.5 Å². The zero-order valence-electron chi connectivity index (χ0n) is 17.5. The molecular formula is C24H18ClFN4OS2. The van der Waals surface area contributed by atoms with Crippen LogP contribution in [0.5, 0.6) is 0 Å². The Labute approximate surface area is 204 Å². The molecule has 5 rings (SSSR count). The second-order valence-electron chi connectivity index (χ2n) is 7.53. The van der Waals surface area contributed by atoms with Gasteiger partial charge in [0.15, 0.2) is 5.11 Å². The van der Waals surface area contributed by atoms with Crippen LogP contribution >= 0.6 is 35.2 Å². The maximum Gasteiger partial charge on any atom is 0.258 e. The van der Waals surface area contributed by atoms with Crippen molar-refractivity contribution in [3.05, 3.63) is 98.9 Å². The van der Waals surface area contributed by atoms with Crippen LogP contribution in [0.2, 0.25) is 5.02 Å². The molecular weight excluding hydrogens is 479 g/mol. The summed E-state index contributed by atoms with van der Waals surface area (Å²) >= 11 is 13.5. The number of nitrogens with one attached hydrogen (secondary N) is 1. The Morgan fingerprint density at radius 2 is 1.91 bits per heavy atom. The highest BCUT2D eigenvalue weighted by atomic mass is 35.5. The molecule has 0 spiro atoms. The lowest BCUT2D eigenvalue weighted by atomic mass is 9.95. The van der Waals surface area contributed by atoms with Crippen LogP contribution in [0.25, 0.3) is 17.0 Å². The number of allylic oxidation sites excluding steroid dienone is 1. The van der Waals surface area contributed by atoms with Crippen molar-refractivity contribution in [2.75, 3.05) is 0 Å². The summed E-state index contributed by atoms with van der Waals surface area (Å²) in [6.07, 6.45) is 0. The van der Waals surface area contributed by atoms with Gasteiger partial charge in [-0.3, -0.25) is 0 Å². The SMILES string of the molecule is CC1=C(c2nc(-c3ccc(F)cc3)no2)C(c2ccc(Cl)cc2)NC(=S)N1Cc1cccs1. The topological polar surface area (TPSA) is 54.2 Å². The van der Waals surface area contributed by atoms with E-state index < -0.39 is 0 Å². The third kappa shape index (κ3) is 4.42. The molecule has 0 amide bonds. The molecule has 3 heterocycles. The van der Waals surface area contributed by atoms with Gasteiger partial charge in [-0.1, -0.05) is 35.0 Å². The first-order valence-corrected chi connectivity index (χ1v) is 11.8. The number of halogens is 2. The Balaban J connectivity index is 1.59. The predicted molar refractivity (Wildman–Crippen MR) is 132 cm³/mol. The minimum absolute atomic E-state index is 0.295. The maximum atomic E-state index is 13.3. The second-order valence-corrected chi connectivity index (χ2v) is 9.38. The zero-order valence-corrected chi connectivity index (χ0v) is 19.8. The zero-order chi connectivity index (χ0) is 22.9. The van der Waals surface area contributed by atoms with Gasteiger partial charge >= 0.3 is 0 Å². The van der Waals surface area contributed by atoms with E-state index in [4.69, 9.17) is 28.3 Å². The third-order valence-corrected chi connectivity index (χ3v) is 6.90. The van der Waals surface area contributed by atoms with Gasteiger partial charge in [0.2, 0.25) is 5.82 Å². The molecule has 0 radical (unpaired) electrons. The Hall–Kier alpha value is -3.07. The van der Waals surface area contributed by atoms with E-state index >= 15 is 0 Å². The molecule has 5 nitrogen and oxygen atoms in total. The average Bonchev–Trinajstić information content (AvgIpc) is 3.50. The summed E-state index contributed by atoms with van der Waals surface area (Å²) in [7, 11) is 0. The normalized spacial score (nSPS) is 16.3. The molecule has 0 saturated carbocycles. The van der Waals surface area contributed by atoms with E-state index in [1.165, 1.54) is 17.0 Å². The Bertz CT molecular complexity index is 1320. The monoisotopic (exact) mass is 496 g/mol. The van der Waals surface area contributed by atoms with Crippen molar-refractivity contribution in [3.8, 4) is 11.4 Å². The quantitative estimate of drug-likeness (QED) is 0.320. The lowest BCUT2D eigenvalue weighted by Crippen LogP contribution is -2.45. The number of nitrogens with zero attached hydrogens (tertiary/aromatic N) is 3. The Kier molecular flexibility index (Phi) is 5.97. The number of rotatable bonds is 5. The van der Waals surface area contributed by atoms with E-state index in [-0.39, 0.29) is 11.9 Å². The molecule has 1 aliphatic heterocycles. The molecule has 0 saturated heterocycles. The number of thiocarbonyl (C=S) groups is 1. The number of benzene rings is 2. The first kappa shape index (κ1) is 21.8. The van der Waals surface area contributed by atoms with Gasteiger partial charge in [-0.25, -0.2) is 4.39 Å². The van der Waals surface area contributed by atoms with Crippen molar-refractivity contribution in [1.82, 2.24) is 20.4 Å². The van der Waals surface area contributed by atoms with Gasteiger partial charge in [0.25, 0.3) is 5.89 Å². The Morgan fingerprint density at radius 1 is 1.15 bits per heavy atom. The number of aromatic nitrogens is 2. The van der Waals surface area contributed by atoms with Crippen molar-refractivity contribution in [1.29, 1.82) is 0 Å². The molecule has 4 aromatic rings. The fourth-order valence-corrected chi connectivity index (χ4v) is 4.90. The van der Waals surface area contributed by atoms with Crippen LogP contribution in [0.1, 0.15) is 29.3 Å². The molecule has 0 aliphatic carbocycles. The Morgan fingerprint density at radius 3 is 2.61 bits per heavy atom. The van der Waals surface area contributed by atoms with Crippen molar-refractivity contribution in [3.63, 3.8) is 0 Å². The summed E-state index contributed by atoms with van der Waals surface area (Å²) in [5.41, 5.74) is 3.38. The van der Waals surface area contributed by atoms with Gasteiger partial charge in [-0.15, -0.1) is 11.3 Å². The van der Waals surface area contributed by atoms with Crippen LogP contribution in [0.15, 0.2) is 76.3 Å². The highest BCUT2D eigenvalue weighted by Crippen LogP contribution is 2.38. The fraction of sp³-hybridized carbons (Fsp3) is 0.125. The van der Waals surface area contributed by atoms with Crippen LogP contribution in [-0.4, -0.2) is 20.2 Å². The molecule has 1 N–H and O–H groups in total. The van der Waals surface area contributed by atoms with Gasteiger partial charge in [0.05, 0.1) is 18.2 Å². The largest absolute Gasteiger partial charge is 0.351 e. The summed E-state index contributed by atoms with van der Waals surface area (Å²) in [4.78, 5) is 7.86. The lowest BCUT2D eigenvalue weighted by Gasteiger charge is -2.37. The fourth-order valence-electron chi connectivity index (χ4n) is 3.76. The first-order valence-electron chi connectivity index (χ1n) is 10.2. The molecule has 0 fully saturated rings. The van der Waals surface area contributed by atoms with Gasteiger partial charge in [0.1, 0.15) is 5.82 Å². The first-order chi connectivity index (χ1) is 16.0. The molecule has 9 heteroatoms. The molecule has 33 heavy (non-hydrogen) atoms. The molecule has 2 aromatic heterocycles. The second kappa shape index (κ2) is 9.05. The van der Waals surface area contributed by atoms with E-state index in [1.807, 2.05) is 47.5 Å². The van der Waals surface area contributed by atoms with Gasteiger partial charge in [-0.2, -0.15) is 4.98 Å². The highest BCUT2D eigenvalue weighted by Gasteiger charge is 2.34. The van der Waals surface area contributed by atoms with E-state index in [1.54, 1.807) is 23.5 Å². The number of thiophene rings is 1. The van der Waals surface area contributed by atoms with E-state index in [0.717, 1.165) is 16.8 Å². The van der Waals surface area contributed by atoms with Gasteiger partial charge in [-0.05, 0) is 72.5 Å². The van der Waals surface area contributed by atoms with Crippen LogP contribution in [-0.2, 0) is 6.54 Å². The molecule has 1 atom stereocenters. The van der Waals surface area contributed by atoms with E-state index in [2.05, 4.69) is 21.5 Å². The van der Waals surface area contributed by atoms with Crippen molar-refractivity contribution in [2.24, 2.45) is 0 Å². The van der Waals surface area contributed by atoms with Crippen molar-refractivity contribution < 1.29 is 8.91 Å². The van der Waals surface area contributed by atoms with E-state index in [0.29, 0.717) is 34.0 Å². The lowest BCUT2D eigenvalue weighted by molar-refractivity contribution is 0.396. The van der Waals surface area contributed by atoms with Crippen LogP contribution in [0.4, 0.5) is 4.39 Å². The van der Waals surface area contributed by atoms with Crippen LogP contribution in [0.3, 0.4) is 0 Å². The predicted octanol–water partition coefficient (Wildman–Crippen LogP) is 6.45. The number of hydrogen-bond donors (Lipinski definition) is 1. The molecule has 166 valence electrons. The molecule has 2 aromatic carbocycles. The van der Waals surface area contributed by atoms with E-state index in [9.17, 15) is 4.39 Å². The maximum absolute atomic E-state index is 13.3. The summed E-state index contributed by atoms with van der Waals surface area (Å²) in [5, 5.41) is 10.9. The van der Waals surface area contributed by atoms with Gasteiger partial charge in [0, 0.05) is 21.2 Å². The third-order valence-electron chi connectivity index (χ3n) is 5.45.